The van der Waals surface area contributed by atoms with E-state index in [-0.39, 0.29) is 18.3 Å². The van der Waals surface area contributed by atoms with Crippen LogP contribution in [-0.2, 0) is 16.1 Å². The average Bonchev–Trinajstić information content (AvgIpc) is 3.12. The van der Waals surface area contributed by atoms with Gasteiger partial charge in [0.2, 0.25) is 5.91 Å². The van der Waals surface area contributed by atoms with Gasteiger partial charge in [0.25, 0.3) is 0 Å². The van der Waals surface area contributed by atoms with Gasteiger partial charge in [0.05, 0.1) is 6.61 Å². The second kappa shape index (κ2) is 9.98. The third kappa shape index (κ3) is 6.70. The van der Waals surface area contributed by atoms with Crippen molar-refractivity contribution in [3.05, 3.63) is 35.6 Å². The molecule has 2 rings (SSSR count). The van der Waals surface area contributed by atoms with Crippen LogP contribution in [0.1, 0.15) is 31.7 Å². The van der Waals surface area contributed by atoms with Gasteiger partial charge >= 0.3 is 6.03 Å². The Balaban J connectivity index is 1.76. The van der Waals surface area contributed by atoms with E-state index >= 15 is 0 Å². The summed E-state index contributed by atoms with van der Waals surface area (Å²) in [7, 11) is 0. The first-order valence-electron chi connectivity index (χ1n) is 8.72. The Bertz CT molecular complexity index is 559. The monoisotopic (exact) mass is 351 g/mol. The van der Waals surface area contributed by atoms with Gasteiger partial charge in [-0.2, -0.15) is 0 Å². The van der Waals surface area contributed by atoms with Crippen LogP contribution in [0.2, 0.25) is 0 Å². The van der Waals surface area contributed by atoms with Crippen LogP contribution in [0.25, 0.3) is 0 Å². The van der Waals surface area contributed by atoms with Crippen molar-refractivity contribution in [3.63, 3.8) is 0 Å². The molecule has 1 heterocycles. The van der Waals surface area contributed by atoms with E-state index in [1.807, 2.05) is 6.92 Å². The maximum Gasteiger partial charge on any atom is 0.315 e. The number of rotatable bonds is 8. The minimum Gasteiger partial charge on any atom is -0.381 e. The number of urea groups is 1. The summed E-state index contributed by atoms with van der Waals surface area (Å²) in [6.07, 6.45) is 2.30. The number of nitrogens with one attached hydrogen (secondary N) is 3. The van der Waals surface area contributed by atoms with Gasteiger partial charge in [-0.25, -0.2) is 9.18 Å². The predicted molar refractivity (Wildman–Crippen MR) is 92.4 cm³/mol. The lowest BCUT2D eigenvalue weighted by atomic mass is 10.1. The summed E-state index contributed by atoms with van der Waals surface area (Å²) >= 11 is 0. The Hall–Kier alpha value is -2.15. The third-order valence-corrected chi connectivity index (χ3v) is 4.15. The van der Waals surface area contributed by atoms with Gasteiger partial charge in [-0.1, -0.05) is 25.5 Å². The van der Waals surface area contributed by atoms with Gasteiger partial charge < -0.3 is 20.7 Å². The fourth-order valence-corrected chi connectivity index (χ4v) is 2.66. The summed E-state index contributed by atoms with van der Waals surface area (Å²) in [5.41, 5.74) is 0.786. The lowest BCUT2D eigenvalue weighted by molar-refractivity contribution is -0.123. The lowest BCUT2D eigenvalue weighted by Gasteiger charge is -2.19. The van der Waals surface area contributed by atoms with Crippen molar-refractivity contribution in [3.8, 4) is 0 Å². The molecule has 0 bridgehead atoms. The van der Waals surface area contributed by atoms with E-state index in [1.54, 1.807) is 12.1 Å². The highest BCUT2D eigenvalue weighted by Crippen LogP contribution is 2.10. The fraction of sp³-hybridized carbons (Fsp3) is 0.556. The zero-order valence-electron chi connectivity index (χ0n) is 14.5. The van der Waals surface area contributed by atoms with E-state index in [0.717, 1.165) is 25.0 Å². The van der Waals surface area contributed by atoms with Crippen LogP contribution in [0, 0.1) is 11.7 Å². The highest BCUT2D eigenvalue weighted by Gasteiger charge is 2.22. The molecule has 6 nitrogen and oxygen atoms in total. The Morgan fingerprint density at radius 2 is 2.04 bits per heavy atom. The van der Waals surface area contributed by atoms with Crippen molar-refractivity contribution in [1.29, 1.82) is 0 Å². The maximum absolute atomic E-state index is 12.9. The molecule has 7 heteroatoms. The van der Waals surface area contributed by atoms with Crippen molar-refractivity contribution < 1.29 is 18.7 Å². The van der Waals surface area contributed by atoms with Crippen molar-refractivity contribution >= 4 is 11.9 Å². The first-order chi connectivity index (χ1) is 12.1. The van der Waals surface area contributed by atoms with Gasteiger partial charge in [0, 0.05) is 25.6 Å². The minimum atomic E-state index is -0.569. The number of amides is 3. The average molecular weight is 351 g/mol. The molecular weight excluding hydrogens is 325 g/mol. The Labute approximate surface area is 147 Å². The molecule has 1 saturated heterocycles. The second-order valence-electron chi connectivity index (χ2n) is 6.27. The van der Waals surface area contributed by atoms with Crippen LogP contribution in [0.4, 0.5) is 9.18 Å². The van der Waals surface area contributed by atoms with Gasteiger partial charge in [-0.3, -0.25) is 4.79 Å². The number of hydrogen-bond acceptors (Lipinski definition) is 3. The molecule has 1 fully saturated rings. The molecule has 0 aromatic heterocycles. The van der Waals surface area contributed by atoms with Crippen LogP contribution < -0.4 is 16.0 Å². The molecule has 138 valence electrons. The molecule has 1 aromatic rings. The quantitative estimate of drug-likeness (QED) is 0.670. The molecule has 0 radical (unpaired) electrons. The Kier molecular flexibility index (Phi) is 7.66. The van der Waals surface area contributed by atoms with Gasteiger partial charge in [-0.05, 0) is 30.5 Å². The van der Waals surface area contributed by atoms with E-state index in [2.05, 4.69) is 16.0 Å². The predicted octanol–water partition coefficient (Wildman–Crippen LogP) is 1.95. The molecule has 3 amide bonds. The molecule has 2 atom stereocenters. The molecule has 1 aromatic carbocycles. The lowest BCUT2D eigenvalue weighted by Crippen LogP contribution is -2.50. The van der Waals surface area contributed by atoms with Gasteiger partial charge in [0.15, 0.2) is 0 Å². The zero-order chi connectivity index (χ0) is 18.1. The number of carbonyl (C=O) groups is 2. The largest absolute Gasteiger partial charge is 0.381 e. The van der Waals surface area contributed by atoms with E-state index in [9.17, 15) is 14.0 Å². The Morgan fingerprint density at radius 3 is 2.68 bits per heavy atom. The summed E-state index contributed by atoms with van der Waals surface area (Å²) in [5.74, 6) is -0.148. The molecule has 1 aliphatic heterocycles. The SMILES string of the molecule is CCC[C@@H](NC(=O)NCc1ccc(F)cc1)C(=O)NC[C@@H]1CCOC1. The van der Waals surface area contributed by atoms with Crippen molar-refractivity contribution in [2.24, 2.45) is 5.92 Å². The summed E-state index contributed by atoms with van der Waals surface area (Å²) in [6.45, 7) is 4.21. The molecule has 0 unspecified atom stereocenters. The number of carbonyl (C=O) groups excluding carboxylic acids is 2. The summed E-state index contributed by atoms with van der Waals surface area (Å²) in [6, 6.07) is 4.91. The topological polar surface area (TPSA) is 79.5 Å². The van der Waals surface area contributed by atoms with E-state index < -0.39 is 12.1 Å². The highest BCUT2D eigenvalue weighted by atomic mass is 19.1. The van der Waals surface area contributed by atoms with Crippen LogP contribution >= 0.6 is 0 Å². The smallest absolute Gasteiger partial charge is 0.315 e. The van der Waals surface area contributed by atoms with Crippen LogP contribution in [0.3, 0.4) is 0 Å². The normalized spacial score (nSPS) is 17.8. The molecule has 0 saturated carbocycles. The van der Waals surface area contributed by atoms with Crippen LogP contribution in [0.5, 0.6) is 0 Å². The van der Waals surface area contributed by atoms with Crippen LogP contribution in [0.15, 0.2) is 24.3 Å². The second-order valence-corrected chi connectivity index (χ2v) is 6.27. The molecule has 0 aliphatic carbocycles. The van der Waals surface area contributed by atoms with Crippen molar-refractivity contribution in [1.82, 2.24) is 16.0 Å². The molecular formula is C18H26FN3O3. The van der Waals surface area contributed by atoms with Gasteiger partial charge in [0.1, 0.15) is 11.9 Å². The molecule has 25 heavy (non-hydrogen) atoms. The molecule has 0 spiro atoms. The van der Waals surface area contributed by atoms with E-state index in [1.165, 1.54) is 12.1 Å². The zero-order valence-corrected chi connectivity index (χ0v) is 14.5. The van der Waals surface area contributed by atoms with Crippen LogP contribution in [-0.4, -0.2) is 37.7 Å². The third-order valence-electron chi connectivity index (χ3n) is 4.15. The maximum atomic E-state index is 12.9. The first-order valence-corrected chi connectivity index (χ1v) is 8.72. The van der Waals surface area contributed by atoms with Gasteiger partial charge in [-0.15, -0.1) is 0 Å². The first kappa shape index (κ1) is 19.2. The molecule has 3 N–H and O–H groups in total. The summed E-state index contributed by atoms with van der Waals surface area (Å²) in [4.78, 5) is 24.3. The molecule has 1 aliphatic rings. The highest BCUT2D eigenvalue weighted by molar-refractivity contribution is 5.86. The van der Waals surface area contributed by atoms with Crippen molar-refractivity contribution in [2.45, 2.75) is 38.8 Å². The number of benzene rings is 1. The summed E-state index contributed by atoms with van der Waals surface area (Å²) < 4.78 is 18.2. The minimum absolute atomic E-state index is 0.175. The number of ether oxygens (including phenoxy) is 1. The van der Waals surface area contributed by atoms with Crippen molar-refractivity contribution in [2.75, 3.05) is 19.8 Å². The summed E-state index contributed by atoms with van der Waals surface area (Å²) in [5, 5.41) is 8.29. The standard InChI is InChI=1S/C18H26FN3O3/c1-2-3-16(17(23)20-11-14-8-9-25-12-14)22-18(24)21-10-13-4-6-15(19)7-5-13/h4-7,14,16H,2-3,8-12H2,1H3,(H,20,23)(H2,21,22,24)/t14-,16+/m0/s1. The number of halogens is 1. The Morgan fingerprint density at radius 1 is 1.28 bits per heavy atom. The number of hydrogen-bond donors (Lipinski definition) is 3. The van der Waals surface area contributed by atoms with E-state index in [0.29, 0.717) is 25.5 Å². The fourth-order valence-electron chi connectivity index (χ4n) is 2.66. The van der Waals surface area contributed by atoms with E-state index in [4.69, 9.17) is 4.74 Å².